The van der Waals surface area contributed by atoms with Crippen molar-refractivity contribution in [2.45, 2.75) is 40.0 Å². The lowest BCUT2D eigenvalue weighted by atomic mass is 9.99. The number of rotatable bonds is 5. The van der Waals surface area contributed by atoms with Crippen molar-refractivity contribution in [1.82, 2.24) is 0 Å². The summed E-state index contributed by atoms with van der Waals surface area (Å²) in [6, 6.07) is 17.9. The Morgan fingerprint density at radius 1 is 0.737 bits per heavy atom. The fraction of sp³-hybridized carbons (Fsp3) is 0.368. The molecular formula is C19H24. The van der Waals surface area contributed by atoms with Crippen LogP contribution >= 0.6 is 0 Å². The lowest BCUT2D eigenvalue weighted by Gasteiger charge is -2.07. The van der Waals surface area contributed by atoms with Crippen molar-refractivity contribution < 1.29 is 0 Å². The van der Waals surface area contributed by atoms with Crippen LogP contribution in [0.2, 0.25) is 0 Å². The molecule has 0 aromatic heterocycles. The summed E-state index contributed by atoms with van der Waals surface area (Å²) in [6.07, 6.45) is 3.56. The van der Waals surface area contributed by atoms with E-state index in [0.717, 1.165) is 12.3 Å². The topological polar surface area (TPSA) is 0 Å². The predicted octanol–water partition coefficient (Wildman–Crippen LogP) is 5.50. The summed E-state index contributed by atoms with van der Waals surface area (Å²) in [7, 11) is 0. The molecule has 0 heteroatoms. The van der Waals surface area contributed by atoms with E-state index in [1.807, 2.05) is 0 Å². The molecule has 0 N–H and O–H groups in total. The SMILES string of the molecule is CCc1ccc(-c2ccc(CCC(C)C)cc2)cc1. The first-order valence-electron chi connectivity index (χ1n) is 7.37. The molecule has 0 aliphatic rings. The molecule has 100 valence electrons. The average molecular weight is 252 g/mol. The summed E-state index contributed by atoms with van der Waals surface area (Å²) in [6.45, 7) is 6.76. The summed E-state index contributed by atoms with van der Waals surface area (Å²) in [4.78, 5) is 0. The van der Waals surface area contributed by atoms with E-state index in [1.54, 1.807) is 0 Å². The molecule has 0 aliphatic carbocycles. The van der Waals surface area contributed by atoms with E-state index in [4.69, 9.17) is 0 Å². The Hall–Kier alpha value is -1.56. The predicted molar refractivity (Wildman–Crippen MR) is 84.4 cm³/mol. The van der Waals surface area contributed by atoms with Crippen LogP contribution in [0.4, 0.5) is 0 Å². The van der Waals surface area contributed by atoms with E-state index < -0.39 is 0 Å². The second kappa shape index (κ2) is 6.56. The van der Waals surface area contributed by atoms with Gasteiger partial charge in [-0.25, -0.2) is 0 Å². The van der Waals surface area contributed by atoms with Gasteiger partial charge in [0.25, 0.3) is 0 Å². The minimum Gasteiger partial charge on any atom is -0.0628 e. The molecule has 2 aromatic carbocycles. The maximum atomic E-state index is 2.28. The van der Waals surface area contributed by atoms with E-state index in [1.165, 1.54) is 35.1 Å². The molecule has 0 amide bonds. The fourth-order valence-electron chi connectivity index (χ4n) is 2.25. The minimum absolute atomic E-state index is 0.779. The van der Waals surface area contributed by atoms with Gasteiger partial charge in [-0.1, -0.05) is 69.3 Å². The zero-order valence-electron chi connectivity index (χ0n) is 12.3. The van der Waals surface area contributed by atoms with E-state index in [2.05, 4.69) is 69.3 Å². The maximum absolute atomic E-state index is 2.28. The van der Waals surface area contributed by atoms with Crippen molar-refractivity contribution in [3.63, 3.8) is 0 Å². The molecule has 2 rings (SSSR count). The van der Waals surface area contributed by atoms with Gasteiger partial charge < -0.3 is 0 Å². The molecule has 0 aliphatic heterocycles. The Morgan fingerprint density at radius 2 is 1.21 bits per heavy atom. The fourth-order valence-corrected chi connectivity index (χ4v) is 2.25. The summed E-state index contributed by atoms with van der Waals surface area (Å²) in [5.74, 6) is 0.779. The van der Waals surface area contributed by atoms with Gasteiger partial charge in [0, 0.05) is 0 Å². The van der Waals surface area contributed by atoms with Gasteiger partial charge in [0.1, 0.15) is 0 Å². The highest BCUT2D eigenvalue weighted by molar-refractivity contribution is 5.63. The van der Waals surface area contributed by atoms with E-state index in [9.17, 15) is 0 Å². The van der Waals surface area contributed by atoms with E-state index in [0.29, 0.717) is 0 Å². The molecule has 0 bridgehead atoms. The molecule has 0 radical (unpaired) electrons. The molecule has 0 unspecified atom stereocenters. The van der Waals surface area contributed by atoms with Crippen LogP contribution in [0.5, 0.6) is 0 Å². The third kappa shape index (κ3) is 3.96. The number of benzene rings is 2. The molecular weight excluding hydrogens is 228 g/mol. The van der Waals surface area contributed by atoms with Gasteiger partial charge in [0.15, 0.2) is 0 Å². The van der Waals surface area contributed by atoms with Gasteiger partial charge in [0.2, 0.25) is 0 Å². The average Bonchev–Trinajstić information content (AvgIpc) is 2.46. The Morgan fingerprint density at radius 3 is 1.63 bits per heavy atom. The number of hydrogen-bond donors (Lipinski definition) is 0. The first kappa shape index (κ1) is 13.9. The summed E-state index contributed by atoms with van der Waals surface area (Å²) in [5.41, 5.74) is 5.48. The van der Waals surface area contributed by atoms with Crippen molar-refractivity contribution in [2.24, 2.45) is 5.92 Å². The van der Waals surface area contributed by atoms with Crippen molar-refractivity contribution in [2.75, 3.05) is 0 Å². The Kier molecular flexibility index (Phi) is 4.79. The zero-order chi connectivity index (χ0) is 13.7. The van der Waals surface area contributed by atoms with Gasteiger partial charge in [-0.05, 0) is 47.4 Å². The highest BCUT2D eigenvalue weighted by atomic mass is 14.1. The van der Waals surface area contributed by atoms with Crippen LogP contribution < -0.4 is 0 Å². The summed E-state index contributed by atoms with van der Waals surface area (Å²) >= 11 is 0. The van der Waals surface area contributed by atoms with Crippen LogP contribution in [-0.4, -0.2) is 0 Å². The largest absolute Gasteiger partial charge is 0.0628 e. The first-order chi connectivity index (χ1) is 9.19. The van der Waals surface area contributed by atoms with E-state index >= 15 is 0 Å². The molecule has 0 saturated heterocycles. The minimum atomic E-state index is 0.779. The van der Waals surface area contributed by atoms with Crippen LogP contribution in [0.25, 0.3) is 11.1 Å². The molecule has 2 aromatic rings. The highest BCUT2D eigenvalue weighted by Gasteiger charge is 2.00. The zero-order valence-corrected chi connectivity index (χ0v) is 12.3. The van der Waals surface area contributed by atoms with Crippen molar-refractivity contribution in [1.29, 1.82) is 0 Å². The Labute approximate surface area is 117 Å². The lowest BCUT2D eigenvalue weighted by molar-refractivity contribution is 0.587. The molecule has 0 saturated carbocycles. The lowest BCUT2D eigenvalue weighted by Crippen LogP contribution is -1.92. The van der Waals surface area contributed by atoms with Gasteiger partial charge in [-0.15, -0.1) is 0 Å². The van der Waals surface area contributed by atoms with Crippen molar-refractivity contribution in [3.05, 3.63) is 59.7 Å². The monoisotopic (exact) mass is 252 g/mol. The highest BCUT2D eigenvalue weighted by Crippen LogP contribution is 2.21. The smallest absolute Gasteiger partial charge is 0.0184 e. The number of hydrogen-bond acceptors (Lipinski definition) is 0. The Balaban J connectivity index is 2.08. The molecule has 0 spiro atoms. The number of aryl methyl sites for hydroxylation is 2. The summed E-state index contributed by atoms with van der Waals surface area (Å²) < 4.78 is 0. The van der Waals surface area contributed by atoms with Crippen LogP contribution in [0, 0.1) is 5.92 Å². The van der Waals surface area contributed by atoms with Gasteiger partial charge in [0.05, 0.1) is 0 Å². The van der Waals surface area contributed by atoms with Crippen LogP contribution in [0.3, 0.4) is 0 Å². The van der Waals surface area contributed by atoms with Crippen LogP contribution in [0.1, 0.15) is 38.3 Å². The second-order valence-electron chi connectivity index (χ2n) is 5.68. The van der Waals surface area contributed by atoms with Gasteiger partial charge >= 0.3 is 0 Å². The van der Waals surface area contributed by atoms with Gasteiger partial charge in [-0.2, -0.15) is 0 Å². The van der Waals surface area contributed by atoms with Crippen LogP contribution in [0.15, 0.2) is 48.5 Å². The van der Waals surface area contributed by atoms with Gasteiger partial charge in [-0.3, -0.25) is 0 Å². The standard InChI is InChI=1S/C19H24/c1-4-16-7-11-18(12-8-16)19-13-9-17(10-14-19)6-5-15(2)3/h7-15H,4-6H2,1-3H3. The molecule has 0 atom stereocenters. The summed E-state index contributed by atoms with van der Waals surface area (Å²) in [5, 5.41) is 0. The third-order valence-corrected chi connectivity index (χ3v) is 3.66. The molecule has 19 heavy (non-hydrogen) atoms. The normalized spacial score (nSPS) is 10.9. The van der Waals surface area contributed by atoms with E-state index in [-0.39, 0.29) is 0 Å². The van der Waals surface area contributed by atoms with Crippen molar-refractivity contribution >= 4 is 0 Å². The van der Waals surface area contributed by atoms with Crippen LogP contribution in [-0.2, 0) is 12.8 Å². The molecule has 0 fully saturated rings. The van der Waals surface area contributed by atoms with Crippen molar-refractivity contribution in [3.8, 4) is 11.1 Å². The molecule has 0 nitrogen and oxygen atoms in total. The third-order valence-electron chi connectivity index (χ3n) is 3.66. The second-order valence-corrected chi connectivity index (χ2v) is 5.68. The Bertz CT molecular complexity index is 489. The quantitative estimate of drug-likeness (QED) is 0.658. The maximum Gasteiger partial charge on any atom is -0.0184 e. The first-order valence-corrected chi connectivity index (χ1v) is 7.37. The molecule has 0 heterocycles.